The van der Waals surface area contributed by atoms with Crippen LogP contribution in [-0.4, -0.2) is 38.4 Å². The van der Waals surface area contributed by atoms with Crippen molar-refractivity contribution in [3.05, 3.63) is 58.9 Å². The van der Waals surface area contributed by atoms with E-state index in [0.717, 1.165) is 67.8 Å². The van der Waals surface area contributed by atoms with Gasteiger partial charge in [0.05, 0.1) is 20.6 Å². The molecule has 2 N–H and O–H groups in total. The Balaban J connectivity index is 1.61. The lowest BCUT2D eigenvalue weighted by Gasteiger charge is -2.47. The highest BCUT2D eigenvalue weighted by Gasteiger charge is 2.45. The molecule has 0 aromatic heterocycles. The van der Waals surface area contributed by atoms with E-state index in [0.29, 0.717) is 0 Å². The van der Waals surface area contributed by atoms with Crippen molar-refractivity contribution < 1.29 is 23.8 Å². The minimum absolute atomic E-state index is 0.0986. The number of methoxy groups -OCH3 is 2. The van der Waals surface area contributed by atoms with Gasteiger partial charge in [-0.05, 0) is 103 Å². The highest BCUT2D eigenvalue weighted by Crippen LogP contribution is 2.53. The second-order valence-electron chi connectivity index (χ2n) is 9.79. The Labute approximate surface area is 202 Å². The summed E-state index contributed by atoms with van der Waals surface area (Å²) in [4.78, 5) is 11.9. The molecule has 0 unspecified atom stereocenters. The Morgan fingerprint density at radius 2 is 1.91 bits per heavy atom. The van der Waals surface area contributed by atoms with Crippen molar-refractivity contribution in [3.63, 3.8) is 0 Å². The minimum atomic E-state index is -0.760. The van der Waals surface area contributed by atoms with Crippen molar-refractivity contribution in [2.45, 2.75) is 58.3 Å². The number of carboxylic acids is 1. The number of aryl methyl sites for hydroxylation is 2. The van der Waals surface area contributed by atoms with Gasteiger partial charge in [0.2, 0.25) is 0 Å². The highest BCUT2D eigenvalue weighted by molar-refractivity contribution is 5.68. The fourth-order valence-electron chi connectivity index (χ4n) is 5.81. The van der Waals surface area contributed by atoms with E-state index in [4.69, 9.17) is 9.47 Å². The van der Waals surface area contributed by atoms with Gasteiger partial charge in [-0.2, -0.15) is 0 Å². The van der Waals surface area contributed by atoms with Gasteiger partial charge >= 0.3 is 5.97 Å². The van der Waals surface area contributed by atoms with Crippen LogP contribution in [0.1, 0.15) is 62.1 Å². The zero-order valence-corrected chi connectivity index (χ0v) is 20.8. The van der Waals surface area contributed by atoms with E-state index >= 15 is 0 Å². The molecule has 5 nitrogen and oxygen atoms in total. The van der Waals surface area contributed by atoms with E-state index in [1.807, 2.05) is 18.2 Å². The van der Waals surface area contributed by atoms with Gasteiger partial charge in [-0.15, -0.1) is 0 Å². The van der Waals surface area contributed by atoms with Gasteiger partial charge in [0.1, 0.15) is 5.82 Å². The Morgan fingerprint density at radius 1 is 1.15 bits per heavy atom. The van der Waals surface area contributed by atoms with Crippen molar-refractivity contribution in [3.8, 4) is 11.5 Å². The van der Waals surface area contributed by atoms with Crippen LogP contribution in [0.3, 0.4) is 0 Å². The number of rotatable bonds is 12. The SMILES string of the molecule is COc1ccc(CCCNCC[C@@]2(CC(=O)O)CCc3cc(F)ccc3[C@@H]2C(C)C)cc1OC. The number of carboxylic acid groups (broad SMARTS) is 1. The van der Waals surface area contributed by atoms with Gasteiger partial charge in [-0.3, -0.25) is 4.79 Å². The first-order chi connectivity index (χ1) is 16.3. The summed E-state index contributed by atoms with van der Waals surface area (Å²) in [6, 6.07) is 11.0. The molecule has 0 saturated carbocycles. The molecule has 3 rings (SSSR count). The maximum Gasteiger partial charge on any atom is 0.303 e. The van der Waals surface area contributed by atoms with Crippen LogP contribution >= 0.6 is 0 Å². The summed E-state index contributed by atoms with van der Waals surface area (Å²) in [6.07, 6.45) is 4.31. The Kier molecular flexibility index (Phi) is 8.95. The van der Waals surface area contributed by atoms with E-state index in [1.54, 1.807) is 20.3 Å². The molecule has 0 heterocycles. The molecular formula is C28H38FNO4. The number of hydrogen-bond acceptors (Lipinski definition) is 4. The smallest absolute Gasteiger partial charge is 0.303 e. The van der Waals surface area contributed by atoms with E-state index in [1.165, 1.54) is 11.6 Å². The van der Waals surface area contributed by atoms with Crippen LogP contribution < -0.4 is 14.8 Å². The first kappa shape index (κ1) is 26.0. The Morgan fingerprint density at radius 3 is 2.59 bits per heavy atom. The lowest BCUT2D eigenvalue weighted by molar-refractivity contribution is -0.141. The number of ether oxygens (including phenoxy) is 2. The van der Waals surface area contributed by atoms with E-state index in [9.17, 15) is 14.3 Å². The molecule has 0 amide bonds. The van der Waals surface area contributed by atoms with Gasteiger partial charge in [0, 0.05) is 0 Å². The van der Waals surface area contributed by atoms with Gasteiger partial charge in [-0.1, -0.05) is 26.0 Å². The molecule has 0 fully saturated rings. The van der Waals surface area contributed by atoms with Crippen LogP contribution in [0, 0.1) is 17.2 Å². The molecule has 1 aliphatic carbocycles. The molecule has 34 heavy (non-hydrogen) atoms. The van der Waals surface area contributed by atoms with Crippen molar-refractivity contribution in [1.29, 1.82) is 0 Å². The summed E-state index contributed by atoms with van der Waals surface area (Å²) >= 11 is 0. The number of nitrogens with one attached hydrogen (secondary N) is 1. The number of carbonyl (C=O) groups is 1. The Hall–Kier alpha value is -2.60. The highest BCUT2D eigenvalue weighted by atomic mass is 19.1. The molecule has 0 spiro atoms. The topological polar surface area (TPSA) is 67.8 Å². The summed E-state index contributed by atoms with van der Waals surface area (Å²) < 4.78 is 24.5. The van der Waals surface area contributed by atoms with Crippen LogP contribution in [0.2, 0.25) is 0 Å². The third-order valence-corrected chi connectivity index (χ3v) is 7.23. The van der Waals surface area contributed by atoms with Crippen molar-refractivity contribution in [2.24, 2.45) is 11.3 Å². The minimum Gasteiger partial charge on any atom is -0.493 e. The number of hydrogen-bond donors (Lipinski definition) is 2. The molecule has 0 bridgehead atoms. The molecule has 186 valence electrons. The van der Waals surface area contributed by atoms with Gasteiger partial charge in [0.15, 0.2) is 11.5 Å². The molecule has 0 saturated heterocycles. The van der Waals surface area contributed by atoms with Crippen LogP contribution in [0.15, 0.2) is 36.4 Å². The average molecular weight is 472 g/mol. The lowest BCUT2D eigenvalue weighted by Crippen LogP contribution is -2.41. The van der Waals surface area contributed by atoms with Gasteiger partial charge < -0.3 is 19.9 Å². The first-order valence-corrected chi connectivity index (χ1v) is 12.2. The lowest BCUT2D eigenvalue weighted by atomic mass is 9.57. The average Bonchev–Trinajstić information content (AvgIpc) is 2.80. The maximum absolute atomic E-state index is 13.8. The molecular weight excluding hydrogens is 433 g/mol. The second kappa shape index (κ2) is 11.7. The molecule has 2 aromatic carbocycles. The number of aliphatic carboxylic acids is 1. The number of fused-ring (bicyclic) bond motifs is 1. The van der Waals surface area contributed by atoms with Gasteiger partial charge in [-0.25, -0.2) is 4.39 Å². The fraction of sp³-hybridized carbons (Fsp3) is 0.536. The standard InChI is InChI=1S/C28H38FNO4/c1-19(2)27-23-9-8-22(29)17-21(23)11-12-28(27,18-26(31)32)13-15-30-14-5-6-20-7-10-24(33-3)25(16-20)34-4/h7-10,16-17,19,27,30H,5-6,11-15,18H2,1-4H3,(H,31,32)/t27-,28+/m0/s1. The summed E-state index contributed by atoms with van der Waals surface area (Å²) in [7, 11) is 3.27. The van der Waals surface area contributed by atoms with Crippen molar-refractivity contribution in [1.82, 2.24) is 5.32 Å². The van der Waals surface area contributed by atoms with Gasteiger partial charge in [0.25, 0.3) is 0 Å². The summed E-state index contributed by atoms with van der Waals surface area (Å²) in [6.45, 7) is 5.91. The van der Waals surface area contributed by atoms with Crippen molar-refractivity contribution >= 4 is 5.97 Å². The monoisotopic (exact) mass is 471 g/mol. The van der Waals surface area contributed by atoms with Crippen LogP contribution in [0.25, 0.3) is 0 Å². The summed E-state index contributed by atoms with van der Waals surface area (Å²) in [5.74, 6) is 0.855. The normalized spacial score (nSPS) is 19.6. The zero-order chi connectivity index (χ0) is 24.7. The molecule has 2 atom stereocenters. The molecule has 2 aromatic rings. The maximum atomic E-state index is 13.8. The van der Waals surface area contributed by atoms with Crippen LogP contribution in [0.4, 0.5) is 4.39 Å². The van der Waals surface area contributed by atoms with E-state index in [2.05, 4.69) is 25.2 Å². The summed E-state index contributed by atoms with van der Waals surface area (Å²) in [5.41, 5.74) is 3.01. The fourth-order valence-corrected chi connectivity index (χ4v) is 5.81. The molecule has 0 aliphatic heterocycles. The van der Waals surface area contributed by atoms with Crippen molar-refractivity contribution in [2.75, 3.05) is 27.3 Å². The predicted molar refractivity (Wildman–Crippen MR) is 132 cm³/mol. The first-order valence-electron chi connectivity index (χ1n) is 12.2. The number of halogens is 1. The molecule has 6 heteroatoms. The molecule has 0 radical (unpaired) electrons. The zero-order valence-electron chi connectivity index (χ0n) is 20.8. The van der Waals surface area contributed by atoms with Crippen LogP contribution in [0.5, 0.6) is 11.5 Å². The molecule has 1 aliphatic rings. The van der Waals surface area contributed by atoms with E-state index < -0.39 is 5.97 Å². The third-order valence-electron chi connectivity index (χ3n) is 7.23. The number of benzene rings is 2. The predicted octanol–water partition coefficient (Wildman–Crippen LogP) is 5.60. The quantitative estimate of drug-likeness (QED) is 0.394. The summed E-state index contributed by atoms with van der Waals surface area (Å²) in [5, 5.41) is 13.3. The van der Waals surface area contributed by atoms with Crippen LogP contribution in [-0.2, 0) is 17.6 Å². The second-order valence-corrected chi connectivity index (χ2v) is 9.79. The Bertz CT molecular complexity index is 977. The third kappa shape index (κ3) is 6.09. The largest absolute Gasteiger partial charge is 0.493 e. The van der Waals surface area contributed by atoms with E-state index in [-0.39, 0.29) is 29.5 Å².